The average molecular weight is 462 g/mol. The molecule has 32 heavy (non-hydrogen) atoms. The molecule has 0 aromatic heterocycles. The number of hydrogen-bond acceptors (Lipinski definition) is 4. The third-order valence-electron chi connectivity index (χ3n) is 5.67. The van der Waals surface area contributed by atoms with Gasteiger partial charge in [-0.05, 0) is 22.8 Å². The Bertz CT molecular complexity index is 877. The van der Waals surface area contributed by atoms with Gasteiger partial charge in [-0.2, -0.15) is 26.3 Å². The molecule has 1 fully saturated rings. The number of hydrogen-bond donors (Lipinski definition) is 2. The molecule has 0 unspecified atom stereocenters. The van der Waals surface area contributed by atoms with Gasteiger partial charge in [0.25, 0.3) is 5.60 Å². The Labute approximate surface area is 181 Å². The normalized spacial score (nSPS) is 17.0. The zero-order valence-electron chi connectivity index (χ0n) is 17.1. The van der Waals surface area contributed by atoms with Crippen LogP contribution >= 0.6 is 0 Å². The van der Waals surface area contributed by atoms with Crippen LogP contribution in [0.25, 0.3) is 11.1 Å². The molecular weight excluding hydrogens is 438 g/mol. The quantitative estimate of drug-likeness (QED) is 0.642. The molecule has 0 spiro atoms. The molecule has 1 aliphatic heterocycles. The Balaban J connectivity index is 1.76. The Morgan fingerprint density at radius 2 is 1.31 bits per heavy atom. The largest absolute Gasteiger partial charge is 0.430 e. The molecule has 176 valence electrons. The van der Waals surface area contributed by atoms with Crippen LogP contribution in [0.3, 0.4) is 0 Å². The molecule has 0 aliphatic carbocycles. The van der Waals surface area contributed by atoms with Gasteiger partial charge in [0.1, 0.15) is 0 Å². The number of aliphatic hydroxyl groups excluding tert-OH is 1. The second-order valence-corrected chi connectivity index (χ2v) is 7.83. The lowest BCUT2D eigenvalue weighted by atomic mass is 9.90. The van der Waals surface area contributed by atoms with Crippen LogP contribution in [-0.4, -0.2) is 71.7 Å². The lowest BCUT2D eigenvalue weighted by Crippen LogP contribution is -2.53. The molecule has 0 bridgehead atoms. The number of rotatable bonds is 6. The van der Waals surface area contributed by atoms with Crippen LogP contribution in [0, 0.1) is 0 Å². The van der Waals surface area contributed by atoms with E-state index in [4.69, 9.17) is 5.11 Å². The highest BCUT2D eigenvalue weighted by Crippen LogP contribution is 2.50. The van der Waals surface area contributed by atoms with Crippen LogP contribution < -0.4 is 0 Å². The molecule has 0 amide bonds. The summed E-state index contributed by atoms with van der Waals surface area (Å²) in [5.74, 6) is 0. The molecule has 10 heteroatoms. The topological polar surface area (TPSA) is 46.9 Å². The van der Waals surface area contributed by atoms with Crippen LogP contribution in [-0.2, 0) is 12.1 Å². The molecule has 2 N–H and O–H groups in total. The third-order valence-corrected chi connectivity index (χ3v) is 5.67. The van der Waals surface area contributed by atoms with E-state index in [1.807, 2.05) is 12.1 Å². The van der Waals surface area contributed by atoms with Crippen LogP contribution in [0.1, 0.15) is 11.1 Å². The Hall–Kier alpha value is -2.14. The van der Waals surface area contributed by atoms with Crippen molar-refractivity contribution in [2.24, 2.45) is 0 Å². The first-order chi connectivity index (χ1) is 15.0. The highest BCUT2D eigenvalue weighted by Gasteiger charge is 2.71. The van der Waals surface area contributed by atoms with Crippen LogP contribution in [0.5, 0.6) is 0 Å². The number of benzene rings is 2. The van der Waals surface area contributed by atoms with Crippen molar-refractivity contribution in [3.8, 4) is 11.1 Å². The maximum Gasteiger partial charge on any atom is 0.430 e. The predicted molar refractivity (Wildman–Crippen MR) is 107 cm³/mol. The van der Waals surface area contributed by atoms with Gasteiger partial charge < -0.3 is 10.2 Å². The first-order valence-corrected chi connectivity index (χ1v) is 10.1. The summed E-state index contributed by atoms with van der Waals surface area (Å²) in [7, 11) is 0. The minimum absolute atomic E-state index is 0.115. The summed E-state index contributed by atoms with van der Waals surface area (Å²) >= 11 is 0. The second-order valence-electron chi connectivity index (χ2n) is 7.83. The van der Waals surface area contributed by atoms with Gasteiger partial charge in [-0.3, -0.25) is 9.80 Å². The molecule has 0 radical (unpaired) electrons. The van der Waals surface area contributed by atoms with Crippen molar-refractivity contribution in [3.63, 3.8) is 0 Å². The van der Waals surface area contributed by atoms with Crippen molar-refractivity contribution in [1.82, 2.24) is 9.80 Å². The van der Waals surface area contributed by atoms with E-state index in [0.29, 0.717) is 36.3 Å². The molecule has 3 rings (SSSR count). The Morgan fingerprint density at radius 1 is 0.750 bits per heavy atom. The van der Waals surface area contributed by atoms with Crippen LogP contribution in [0.4, 0.5) is 26.3 Å². The van der Waals surface area contributed by atoms with Crippen molar-refractivity contribution in [2.75, 3.05) is 39.3 Å². The monoisotopic (exact) mass is 462 g/mol. The van der Waals surface area contributed by atoms with Gasteiger partial charge in [0.05, 0.1) is 6.61 Å². The van der Waals surface area contributed by atoms with Crippen molar-refractivity contribution in [2.45, 2.75) is 24.5 Å². The van der Waals surface area contributed by atoms with E-state index in [1.165, 1.54) is 0 Å². The number of β-amino-alcohol motifs (C(OH)–C–C–N with tert-alkyl or cyclic N) is 1. The SMILES string of the molecule is OCCN1CCN(Cc2cccc(-c3ccc(C(O)(C(F)(F)F)C(F)(F)F)cc3)c2)CC1. The van der Waals surface area contributed by atoms with Gasteiger partial charge in [0, 0.05) is 44.8 Å². The van der Waals surface area contributed by atoms with Gasteiger partial charge in [0.2, 0.25) is 0 Å². The molecule has 2 aromatic carbocycles. The molecule has 0 saturated carbocycles. The van der Waals surface area contributed by atoms with E-state index in [0.717, 1.165) is 43.9 Å². The van der Waals surface area contributed by atoms with E-state index in [9.17, 15) is 31.4 Å². The van der Waals surface area contributed by atoms with Crippen molar-refractivity contribution in [3.05, 3.63) is 59.7 Å². The van der Waals surface area contributed by atoms with Gasteiger partial charge in [0.15, 0.2) is 0 Å². The fourth-order valence-corrected chi connectivity index (χ4v) is 3.81. The van der Waals surface area contributed by atoms with E-state index >= 15 is 0 Å². The van der Waals surface area contributed by atoms with E-state index in [-0.39, 0.29) is 6.61 Å². The van der Waals surface area contributed by atoms with Gasteiger partial charge in [-0.25, -0.2) is 0 Å². The van der Waals surface area contributed by atoms with Gasteiger partial charge in [-0.1, -0.05) is 42.5 Å². The number of halogens is 6. The third kappa shape index (κ3) is 5.09. The molecule has 1 heterocycles. The average Bonchev–Trinajstić information content (AvgIpc) is 2.73. The summed E-state index contributed by atoms with van der Waals surface area (Å²) in [6.07, 6.45) is -11.8. The highest BCUT2D eigenvalue weighted by atomic mass is 19.4. The van der Waals surface area contributed by atoms with E-state index < -0.39 is 23.5 Å². The van der Waals surface area contributed by atoms with E-state index in [2.05, 4.69) is 9.80 Å². The molecule has 4 nitrogen and oxygen atoms in total. The summed E-state index contributed by atoms with van der Waals surface area (Å²) in [6.45, 7) is 4.73. The van der Waals surface area contributed by atoms with Crippen LogP contribution in [0.2, 0.25) is 0 Å². The molecule has 1 aliphatic rings. The number of aliphatic hydroxyl groups is 2. The highest BCUT2D eigenvalue weighted by molar-refractivity contribution is 5.64. The maximum atomic E-state index is 13.1. The Kier molecular flexibility index (Phi) is 7.18. The number of nitrogens with zero attached hydrogens (tertiary/aromatic N) is 2. The fraction of sp³-hybridized carbons (Fsp3) is 0.455. The number of alkyl halides is 6. The molecular formula is C22H24F6N2O2. The Morgan fingerprint density at radius 3 is 1.84 bits per heavy atom. The lowest BCUT2D eigenvalue weighted by molar-refractivity contribution is -0.376. The second kappa shape index (κ2) is 9.38. The minimum Gasteiger partial charge on any atom is -0.395 e. The summed E-state index contributed by atoms with van der Waals surface area (Å²) in [5.41, 5.74) is -4.16. The molecule has 1 saturated heterocycles. The maximum absolute atomic E-state index is 13.1. The molecule has 2 aromatic rings. The van der Waals surface area contributed by atoms with Crippen molar-refractivity contribution < 1.29 is 36.6 Å². The first kappa shape index (κ1) is 24.5. The summed E-state index contributed by atoms with van der Waals surface area (Å²) in [6, 6.07) is 10.8. The fourth-order valence-electron chi connectivity index (χ4n) is 3.81. The number of piperazine rings is 1. The zero-order chi connectivity index (χ0) is 23.6. The smallest absolute Gasteiger partial charge is 0.395 e. The van der Waals surface area contributed by atoms with E-state index in [1.54, 1.807) is 12.1 Å². The first-order valence-electron chi connectivity index (χ1n) is 10.1. The zero-order valence-corrected chi connectivity index (χ0v) is 17.1. The van der Waals surface area contributed by atoms with Gasteiger partial charge >= 0.3 is 12.4 Å². The minimum atomic E-state index is -5.91. The standard InChI is InChI=1S/C22H24F6N2O2/c23-21(24,25)20(32,22(26,27)28)19-6-4-17(5-7-19)18-3-1-2-16(14-18)15-30-10-8-29(9-11-30)12-13-31/h1-7,14,31-32H,8-13,15H2. The molecule has 0 atom stereocenters. The summed E-state index contributed by atoms with van der Waals surface area (Å²) in [5, 5.41) is 18.5. The predicted octanol–water partition coefficient (Wildman–Crippen LogP) is 3.78. The summed E-state index contributed by atoms with van der Waals surface area (Å²) in [4.78, 5) is 4.40. The van der Waals surface area contributed by atoms with Gasteiger partial charge in [-0.15, -0.1) is 0 Å². The van der Waals surface area contributed by atoms with Crippen molar-refractivity contribution in [1.29, 1.82) is 0 Å². The van der Waals surface area contributed by atoms with Crippen LogP contribution in [0.15, 0.2) is 48.5 Å². The summed E-state index contributed by atoms with van der Waals surface area (Å²) < 4.78 is 78.4. The van der Waals surface area contributed by atoms with Crippen molar-refractivity contribution >= 4 is 0 Å². The lowest BCUT2D eigenvalue weighted by Gasteiger charge is -2.34.